The van der Waals surface area contributed by atoms with Crippen molar-refractivity contribution in [1.82, 2.24) is 4.57 Å². The molecular weight excluding hydrogens is 502 g/mol. The predicted octanol–water partition coefficient (Wildman–Crippen LogP) is 4.44. The summed E-state index contributed by atoms with van der Waals surface area (Å²) in [6.07, 6.45) is 0.258. The topological polar surface area (TPSA) is 105 Å². The molecule has 1 aromatic heterocycles. The minimum atomic E-state index is -0.694. The Balaban J connectivity index is 2.01. The van der Waals surface area contributed by atoms with Gasteiger partial charge in [-0.05, 0) is 53.3 Å². The first-order chi connectivity index (χ1) is 19.0. The third-order valence-electron chi connectivity index (χ3n) is 6.36. The lowest BCUT2D eigenvalue weighted by Crippen LogP contribution is -2.28. The van der Waals surface area contributed by atoms with Crippen LogP contribution in [0.2, 0.25) is 0 Å². The standard InChI is InChI=1S/C30H31NO8/c1-35-24-15-20(16-25(36-2)28(24)37-3)26-22-12-11-21(39-18-19-9-6-5-7-10-19)17-23(22)29(33)31(13-8-14-32)27(26)30(34)38-4/h5-7,9-12,15-17,32H,8,13-14,18H2,1-4H3. The molecule has 0 fully saturated rings. The Morgan fingerprint density at radius 2 is 1.56 bits per heavy atom. The normalized spacial score (nSPS) is 10.8. The van der Waals surface area contributed by atoms with E-state index in [-0.39, 0.29) is 25.3 Å². The zero-order valence-electron chi connectivity index (χ0n) is 22.4. The van der Waals surface area contributed by atoms with E-state index in [1.165, 1.54) is 33.0 Å². The zero-order chi connectivity index (χ0) is 27.9. The summed E-state index contributed by atoms with van der Waals surface area (Å²) in [5.41, 5.74) is 1.63. The number of methoxy groups -OCH3 is 4. The number of fused-ring (bicyclic) bond motifs is 1. The van der Waals surface area contributed by atoms with E-state index in [0.29, 0.717) is 51.5 Å². The molecule has 0 saturated carbocycles. The van der Waals surface area contributed by atoms with Crippen LogP contribution in [0.25, 0.3) is 21.9 Å². The highest BCUT2D eigenvalue weighted by molar-refractivity contribution is 6.07. The Kier molecular flexibility index (Phi) is 8.73. The molecule has 0 aliphatic carbocycles. The number of nitrogens with zero attached hydrogens (tertiary/aromatic N) is 1. The van der Waals surface area contributed by atoms with Crippen molar-refractivity contribution in [1.29, 1.82) is 0 Å². The van der Waals surface area contributed by atoms with Gasteiger partial charge in [0.2, 0.25) is 5.75 Å². The van der Waals surface area contributed by atoms with Gasteiger partial charge in [0.05, 0.1) is 33.8 Å². The number of ether oxygens (including phenoxy) is 5. The number of pyridine rings is 1. The molecule has 4 aromatic rings. The molecule has 0 aliphatic rings. The second-order valence-corrected chi connectivity index (χ2v) is 8.64. The van der Waals surface area contributed by atoms with E-state index in [4.69, 9.17) is 23.7 Å². The smallest absolute Gasteiger partial charge is 0.355 e. The summed E-state index contributed by atoms with van der Waals surface area (Å²) in [5.74, 6) is 0.954. The maximum atomic E-state index is 13.8. The van der Waals surface area contributed by atoms with Gasteiger partial charge < -0.3 is 33.4 Å². The molecule has 9 nitrogen and oxygen atoms in total. The van der Waals surface area contributed by atoms with Crippen LogP contribution in [0.5, 0.6) is 23.0 Å². The summed E-state index contributed by atoms with van der Waals surface area (Å²) in [6.45, 7) is 0.262. The Bertz CT molecular complexity index is 1500. The minimum absolute atomic E-state index is 0.0516. The number of carbonyl (C=O) groups excluding carboxylic acids is 1. The van der Waals surface area contributed by atoms with Gasteiger partial charge in [-0.1, -0.05) is 30.3 Å². The number of benzene rings is 3. The molecule has 3 aromatic carbocycles. The highest BCUT2D eigenvalue weighted by Crippen LogP contribution is 2.43. The maximum absolute atomic E-state index is 13.8. The lowest BCUT2D eigenvalue weighted by atomic mass is 9.95. The zero-order valence-corrected chi connectivity index (χ0v) is 22.4. The van der Waals surface area contributed by atoms with Gasteiger partial charge in [0.1, 0.15) is 18.1 Å². The number of aliphatic hydroxyl groups is 1. The van der Waals surface area contributed by atoms with E-state index in [1.807, 2.05) is 30.3 Å². The Morgan fingerprint density at radius 1 is 0.872 bits per heavy atom. The van der Waals surface area contributed by atoms with Crippen LogP contribution in [0.3, 0.4) is 0 Å². The first-order valence-corrected chi connectivity index (χ1v) is 12.3. The fraction of sp³-hybridized carbons (Fsp3) is 0.267. The maximum Gasteiger partial charge on any atom is 0.355 e. The number of esters is 1. The first-order valence-electron chi connectivity index (χ1n) is 12.3. The molecule has 0 aliphatic heterocycles. The molecule has 9 heteroatoms. The van der Waals surface area contributed by atoms with Crippen LogP contribution in [0.15, 0.2) is 65.5 Å². The van der Waals surface area contributed by atoms with Crippen molar-refractivity contribution in [2.75, 3.05) is 35.0 Å². The number of aromatic nitrogens is 1. The third kappa shape index (κ3) is 5.53. The first kappa shape index (κ1) is 27.5. The highest BCUT2D eigenvalue weighted by Gasteiger charge is 2.26. The van der Waals surface area contributed by atoms with Gasteiger partial charge in [-0.25, -0.2) is 4.79 Å². The van der Waals surface area contributed by atoms with E-state index in [2.05, 4.69) is 0 Å². The molecule has 0 amide bonds. The van der Waals surface area contributed by atoms with Crippen molar-refractivity contribution in [3.63, 3.8) is 0 Å². The largest absolute Gasteiger partial charge is 0.493 e. The van der Waals surface area contributed by atoms with Crippen LogP contribution < -0.4 is 24.5 Å². The van der Waals surface area contributed by atoms with Crippen LogP contribution >= 0.6 is 0 Å². The molecule has 204 valence electrons. The fourth-order valence-corrected chi connectivity index (χ4v) is 4.53. The van der Waals surface area contributed by atoms with Crippen LogP contribution in [-0.4, -0.2) is 50.7 Å². The number of aliphatic hydroxyl groups excluding tert-OH is 1. The Labute approximate surface area is 226 Å². The molecular formula is C30H31NO8. The van der Waals surface area contributed by atoms with Gasteiger partial charge in [0.25, 0.3) is 5.56 Å². The number of hydrogen-bond donors (Lipinski definition) is 1. The van der Waals surface area contributed by atoms with Crippen LogP contribution in [-0.2, 0) is 17.9 Å². The van der Waals surface area contributed by atoms with Gasteiger partial charge in [0, 0.05) is 18.7 Å². The quantitative estimate of drug-likeness (QED) is 0.282. The van der Waals surface area contributed by atoms with Crippen molar-refractivity contribution in [2.24, 2.45) is 0 Å². The van der Waals surface area contributed by atoms with Crippen molar-refractivity contribution in [3.05, 3.63) is 82.3 Å². The van der Waals surface area contributed by atoms with E-state index in [1.54, 1.807) is 30.3 Å². The lowest BCUT2D eigenvalue weighted by Gasteiger charge is -2.20. The van der Waals surface area contributed by atoms with Gasteiger partial charge in [-0.3, -0.25) is 4.79 Å². The monoisotopic (exact) mass is 533 g/mol. The summed E-state index contributed by atoms with van der Waals surface area (Å²) in [7, 11) is 5.76. The number of hydrogen-bond acceptors (Lipinski definition) is 8. The molecule has 0 radical (unpaired) electrons. The Hall–Kier alpha value is -4.50. The molecule has 39 heavy (non-hydrogen) atoms. The summed E-state index contributed by atoms with van der Waals surface area (Å²) < 4.78 is 29.0. The molecule has 4 rings (SSSR count). The third-order valence-corrected chi connectivity index (χ3v) is 6.36. The summed E-state index contributed by atoms with van der Waals surface area (Å²) in [6, 6.07) is 18.3. The van der Waals surface area contributed by atoms with E-state index < -0.39 is 11.5 Å². The Morgan fingerprint density at radius 3 is 2.15 bits per heavy atom. The van der Waals surface area contributed by atoms with Crippen molar-refractivity contribution < 1.29 is 33.6 Å². The molecule has 0 saturated heterocycles. The highest BCUT2D eigenvalue weighted by atomic mass is 16.5. The van der Waals surface area contributed by atoms with Crippen LogP contribution in [0.4, 0.5) is 0 Å². The van der Waals surface area contributed by atoms with E-state index in [9.17, 15) is 14.7 Å². The van der Waals surface area contributed by atoms with Crippen molar-refractivity contribution >= 4 is 16.7 Å². The van der Waals surface area contributed by atoms with E-state index in [0.717, 1.165) is 5.56 Å². The number of rotatable bonds is 11. The molecule has 1 heterocycles. The van der Waals surface area contributed by atoms with Gasteiger partial charge in [-0.15, -0.1) is 0 Å². The number of carbonyl (C=O) groups is 1. The van der Waals surface area contributed by atoms with Gasteiger partial charge in [-0.2, -0.15) is 0 Å². The lowest BCUT2D eigenvalue weighted by molar-refractivity contribution is 0.0587. The average Bonchev–Trinajstić information content (AvgIpc) is 2.98. The molecule has 1 N–H and O–H groups in total. The second kappa shape index (κ2) is 12.4. The summed E-state index contributed by atoms with van der Waals surface area (Å²) in [4.78, 5) is 27.0. The van der Waals surface area contributed by atoms with Gasteiger partial charge in [0.15, 0.2) is 11.5 Å². The van der Waals surface area contributed by atoms with Crippen molar-refractivity contribution in [2.45, 2.75) is 19.6 Å². The SMILES string of the molecule is COC(=O)c1c(-c2cc(OC)c(OC)c(OC)c2)c2ccc(OCc3ccccc3)cc2c(=O)n1CCCO. The minimum Gasteiger partial charge on any atom is -0.493 e. The molecule has 0 bridgehead atoms. The molecule has 0 unspecified atom stereocenters. The fourth-order valence-electron chi connectivity index (χ4n) is 4.53. The average molecular weight is 534 g/mol. The van der Waals surface area contributed by atoms with Crippen LogP contribution in [0.1, 0.15) is 22.5 Å². The summed E-state index contributed by atoms with van der Waals surface area (Å²) >= 11 is 0. The predicted molar refractivity (Wildman–Crippen MR) is 147 cm³/mol. The van der Waals surface area contributed by atoms with Crippen LogP contribution in [0, 0.1) is 0 Å². The molecule has 0 spiro atoms. The van der Waals surface area contributed by atoms with E-state index >= 15 is 0 Å². The van der Waals surface area contributed by atoms with Crippen molar-refractivity contribution in [3.8, 4) is 34.1 Å². The molecule has 0 atom stereocenters. The van der Waals surface area contributed by atoms with Gasteiger partial charge >= 0.3 is 5.97 Å². The second-order valence-electron chi connectivity index (χ2n) is 8.64. The summed E-state index contributed by atoms with van der Waals surface area (Å²) in [5, 5.41) is 10.4.